The van der Waals surface area contributed by atoms with Crippen LogP contribution in [0.25, 0.3) is 0 Å². The fourth-order valence-corrected chi connectivity index (χ4v) is 2.26. The van der Waals surface area contributed by atoms with Crippen LogP contribution in [-0.2, 0) is 13.0 Å². The van der Waals surface area contributed by atoms with Crippen molar-refractivity contribution in [1.82, 2.24) is 0 Å². The topological polar surface area (TPSA) is 38.5 Å². The molecule has 0 spiro atoms. The molecule has 0 unspecified atom stereocenters. The van der Waals surface area contributed by atoms with E-state index in [0.717, 1.165) is 18.7 Å². The largest absolute Gasteiger partial charge is 0.496 e. The molecule has 0 aromatic heterocycles. The first-order valence-electron chi connectivity index (χ1n) is 6.86. The first kappa shape index (κ1) is 14.4. The van der Waals surface area contributed by atoms with Crippen LogP contribution in [0, 0.1) is 0 Å². The molecular weight excluding hydrogens is 248 g/mol. The Bertz CT molecular complexity index is 537. The van der Waals surface area contributed by atoms with Gasteiger partial charge in [-0.1, -0.05) is 30.3 Å². The van der Waals surface area contributed by atoms with Crippen molar-refractivity contribution in [2.75, 3.05) is 25.6 Å². The molecule has 2 aromatic rings. The Balaban J connectivity index is 2.09. The average Bonchev–Trinajstić information content (AvgIpc) is 2.49. The minimum absolute atomic E-state index is 0.691. The number of methoxy groups -OCH3 is 1. The number of hydrogen-bond donors (Lipinski definition) is 1. The van der Waals surface area contributed by atoms with Crippen molar-refractivity contribution < 1.29 is 4.74 Å². The lowest BCUT2D eigenvalue weighted by atomic mass is 10.1. The smallest absolute Gasteiger partial charge is 0.123 e. The van der Waals surface area contributed by atoms with E-state index in [9.17, 15) is 0 Å². The van der Waals surface area contributed by atoms with Crippen LogP contribution in [0.1, 0.15) is 11.1 Å². The lowest BCUT2D eigenvalue weighted by Crippen LogP contribution is -2.16. The fourth-order valence-electron chi connectivity index (χ4n) is 2.26. The first-order chi connectivity index (χ1) is 9.74. The zero-order chi connectivity index (χ0) is 14.4. The maximum atomic E-state index is 5.57. The van der Waals surface area contributed by atoms with Crippen molar-refractivity contribution in [1.29, 1.82) is 0 Å². The number of para-hydroxylation sites is 1. The molecule has 2 N–H and O–H groups in total. The molecule has 20 heavy (non-hydrogen) atoms. The highest BCUT2D eigenvalue weighted by atomic mass is 16.5. The average molecular weight is 270 g/mol. The highest BCUT2D eigenvalue weighted by molar-refractivity contribution is 5.48. The van der Waals surface area contributed by atoms with Gasteiger partial charge in [0, 0.05) is 24.8 Å². The zero-order valence-corrected chi connectivity index (χ0v) is 12.2. The van der Waals surface area contributed by atoms with E-state index >= 15 is 0 Å². The van der Waals surface area contributed by atoms with Gasteiger partial charge in [-0.25, -0.2) is 0 Å². The van der Waals surface area contributed by atoms with Gasteiger partial charge < -0.3 is 15.4 Å². The monoisotopic (exact) mass is 270 g/mol. The SMILES string of the molecule is COc1ccccc1CN(C)c1ccc(CCN)cc1. The molecule has 3 nitrogen and oxygen atoms in total. The fraction of sp³-hybridized carbons (Fsp3) is 0.294. The number of rotatable bonds is 6. The van der Waals surface area contributed by atoms with Crippen molar-refractivity contribution in [3.8, 4) is 5.75 Å². The van der Waals surface area contributed by atoms with Gasteiger partial charge in [-0.2, -0.15) is 0 Å². The van der Waals surface area contributed by atoms with E-state index in [0.29, 0.717) is 6.54 Å². The lowest BCUT2D eigenvalue weighted by molar-refractivity contribution is 0.409. The van der Waals surface area contributed by atoms with E-state index in [1.807, 2.05) is 18.2 Å². The molecule has 0 fully saturated rings. The molecule has 0 amide bonds. The first-order valence-corrected chi connectivity index (χ1v) is 6.86. The van der Waals surface area contributed by atoms with Crippen molar-refractivity contribution in [2.45, 2.75) is 13.0 Å². The van der Waals surface area contributed by atoms with Gasteiger partial charge >= 0.3 is 0 Å². The molecule has 0 aliphatic rings. The number of benzene rings is 2. The summed E-state index contributed by atoms with van der Waals surface area (Å²) in [6.07, 6.45) is 0.927. The van der Waals surface area contributed by atoms with Crippen LogP contribution in [-0.4, -0.2) is 20.7 Å². The maximum absolute atomic E-state index is 5.57. The molecule has 2 aromatic carbocycles. The Morgan fingerprint density at radius 1 is 1.05 bits per heavy atom. The van der Waals surface area contributed by atoms with Gasteiger partial charge in [-0.05, 0) is 36.7 Å². The van der Waals surface area contributed by atoms with Crippen LogP contribution in [0.4, 0.5) is 5.69 Å². The van der Waals surface area contributed by atoms with Gasteiger partial charge in [0.05, 0.1) is 7.11 Å². The van der Waals surface area contributed by atoms with Gasteiger partial charge in [-0.15, -0.1) is 0 Å². The van der Waals surface area contributed by atoms with Gasteiger partial charge in [-0.3, -0.25) is 0 Å². The van der Waals surface area contributed by atoms with E-state index in [4.69, 9.17) is 10.5 Å². The second kappa shape index (κ2) is 6.96. The molecule has 3 heteroatoms. The van der Waals surface area contributed by atoms with Gasteiger partial charge in [0.2, 0.25) is 0 Å². The van der Waals surface area contributed by atoms with E-state index in [-0.39, 0.29) is 0 Å². The summed E-state index contributed by atoms with van der Waals surface area (Å²) in [5, 5.41) is 0. The Labute approximate surface area is 121 Å². The van der Waals surface area contributed by atoms with Gasteiger partial charge in [0.25, 0.3) is 0 Å². The van der Waals surface area contributed by atoms with Gasteiger partial charge in [0.15, 0.2) is 0 Å². The van der Waals surface area contributed by atoms with Gasteiger partial charge in [0.1, 0.15) is 5.75 Å². The molecular formula is C17H22N2O. The predicted molar refractivity (Wildman–Crippen MR) is 84.3 cm³/mol. The van der Waals surface area contributed by atoms with E-state index < -0.39 is 0 Å². The normalized spacial score (nSPS) is 10.3. The summed E-state index contributed by atoms with van der Waals surface area (Å²) in [5.41, 5.74) is 9.22. The minimum atomic E-state index is 0.691. The van der Waals surface area contributed by atoms with E-state index in [1.54, 1.807) is 7.11 Å². The summed E-state index contributed by atoms with van der Waals surface area (Å²) >= 11 is 0. The summed E-state index contributed by atoms with van der Waals surface area (Å²) in [5.74, 6) is 0.930. The quantitative estimate of drug-likeness (QED) is 0.877. The zero-order valence-electron chi connectivity index (χ0n) is 12.2. The summed E-state index contributed by atoms with van der Waals surface area (Å²) in [6.45, 7) is 1.51. The van der Waals surface area contributed by atoms with Crippen LogP contribution >= 0.6 is 0 Å². The number of nitrogens with two attached hydrogens (primary N) is 1. The molecule has 0 saturated carbocycles. The van der Waals surface area contributed by atoms with Crippen LogP contribution in [0.2, 0.25) is 0 Å². The molecule has 0 bridgehead atoms. The molecule has 0 atom stereocenters. The molecule has 106 valence electrons. The lowest BCUT2D eigenvalue weighted by Gasteiger charge is -2.21. The third kappa shape index (κ3) is 3.52. The molecule has 0 radical (unpaired) electrons. The highest BCUT2D eigenvalue weighted by Gasteiger charge is 2.06. The third-order valence-corrected chi connectivity index (χ3v) is 3.41. The van der Waals surface area contributed by atoms with Crippen LogP contribution in [0.3, 0.4) is 0 Å². The van der Waals surface area contributed by atoms with Crippen molar-refractivity contribution in [3.63, 3.8) is 0 Å². The van der Waals surface area contributed by atoms with Crippen molar-refractivity contribution in [2.24, 2.45) is 5.73 Å². The van der Waals surface area contributed by atoms with Crippen molar-refractivity contribution in [3.05, 3.63) is 59.7 Å². The number of anilines is 1. The molecule has 0 saturated heterocycles. The highest BCUT2D eigenvalue weighted by Crippen LogP contribution is 2.22. The van der Waals surface area contributed by atoms with E-state index in [2.05, 4.69) is 42.3 Å². The van der Waals surface area contributed by atoms with Crippen LogP contribution < -0.4 is 15.4 Å². The minimum Gasteiger partial charge on any atom is -0.496 e. The molecule has 0 aliphatic carbocycles. The second-order valence-electron chi connectivity index (χ2n) is 4.87. The Kier molecular flexibility index (Phi) is 5.02. The summed E-state index contributed by atoms with van der Waals surface area (Å²) < 4.78 is 5.39. The Hall–Kier alpha value is -2.00. The maximum Gasteiger partial charge on any atom is 0.123 e. The number of hydrogen-bond acceptors (Lipinski definition) is 3. The molecule has 2 rings (SSSR count). The second-order valence-corrected chi connectivity index (χ2v) is 4.87. The van der Waals surface area contributed by atoms with Crippen LogP contribution in [0.5, 0.6) is 5.75 Å². The predicted octanol–water partition coefficient (Wildman–Crippen LogP) is 2.83. The van der Waals surface area contributed by atoms with Crippen molar-refractivity contribution >= 4 is 5.69 Å². The summed E-state index contributed by atoms with van der Waals surface area (Å²) in [4.78, 5) is 2.21. The number of nitrogens with zero attached hydrogens (tertiary/aromatic N) is 1. The Morgan fingerprint density at radius 3 is 2.40 bits per heavy atom. The van der Waals surface area contributed by atoms with Crippen LogP contribution in [0.15, 0.2) is 48.5 Å². The Morgan fingerprint density at radius 2 is 1.75 bits per heavy atom. The molecule has 0 aliphatic heterocycles. The van der Waals surface area contributed by atoms with E-state index in [1.165, 1.54) is 16.8 Å². The molecule has 0 heterocycles. The third-order valence-electron chi connectivity index (χ3n) is 3.41. The summed E-state index contributed by atoms with van der Waals surface area (Å²) in [6, 6.07) is 16.7. The summed E-state index contributed by atoms with van der Waals surface area (Å²) in [7, 11) is 3.80. The standard InChI is InChI=1S/C17H22N2O/c1-19(13-15-5-3-4-6-17(15)20-2)16-9-7-14(8-10-16)11-12-18/h3-10H,11-13,18H2,1-2H3. The number of ether oxygens (including phenoxy) is 1.